The van der Waals surface area contributed by atoms with Crippen molar-refractivity contribution in [1.29, 1.82) is 10.5 Å². The van der Waals surface area contributed by atoms with E-state index < -0.39 is 0 Å². The number of para-hydroxylation sites is 3. The van der Waals surface area contributed by atoms with Crippen LogP contribution < -0.4 is 0 Å². The molecule has 0 saturated carbocycles. The van der Waals surface area contributed by atoms with E-state index in [1.54, 1.807) is 0 Å². The Bertz CT molecular complexity index is 2690. The Morgan fingerprint density at radius 3 is 2.27 bits per heavy atom. The zero-order valence-corrected chi connectivity index (χ0v) is 26.7. The van der Waals surface area contributed by atoms with Crippen LogP contribution in [0.2, 0.25) is 0 Å². The van der Waals surface area contributed by atoms with Crippen LogP contribution in [-0.4, -0.2) is 9.13 Å². The summed E-state index contributed by atoms with van der Waals surface area (Å²) >= 11 is 0. The van der Waals surface area contributed by atoms with E-state index in [0.29, 0.717) is 11.1 Å². The Kier molecular flexibility index (Phi) is 6.75. The van der Waals surface area contributed by atoms with Gasteiger partial charge in [-0.2, -0.15) is 10.5 Å². The lowest BCUT2D eigenvalue weighted by Crippen LogP contribution is -2.08. The molecule has 0 bridgehead atoms. The van der Waals surface area contributed by atoms with E-state index in [-0.39, 0.29) is 6.04 Å². The van der Waals surface area contributed by atoms with E-state index in [1.807, 2.05) is 30.3 Å². The minimum Gasteiger partial charge on any atom is -0.333 e. The fourth-order valence-electron chi connectivity index (χ4n) is 7.79. The van der Waals surface area contributed by atoms with Gasteiger partial charge in [0.1, 0.15) is 0 Å². The van der Waals surface area contributed by atoms with Gasteiger partial charge in [-0.3, -0.25) is 0 Å². The van der Waals surface area contributed by atoms with Crippen LogP contribution in [0.15, 0.2) is 140 Å². The molecular formula is C45H30N4. The monoisotopic (exact) mass is 626 g/mol. The molecule has 2 aliphatic carbocycles. The van der Waals surface area contributed by atoms with Crippen LogP contribution in [0.1, 0.15) is 46.8 Å². The van der Waals surface area contributed by atoms with Gasteiger partial charge in [0.25, 0.3) is 0 Å². The summed E-state index contributed by atoms with van der Waals surface area (Å²) in [5.74, 6) is 0. The molecular weight excluding hydrogens is 597 g/mol. The second-order valence-electron chi connectivity index (χ2n) is 12.6. The maximum atomic E-state index is 10.3. The van der Waals surface area contributed by atoms with E-state index in [4.69, 9.17) is 0 Å². The van der Waals surface area contributed by atoms with Crippen LogP contribution in [0.3, 0.4) is 0 Å². The molecule has 1 atom stereocenters. The molecule has 7 aromatic rings. The highest BCUT2D eigenvalue weighted by Gasteiger charge is 2.22. The van der Waals surface area contributed by atoms with Gasteiger partial charge in [0.15, 0.2) is 0 Å². The number of aromatic nitrogens is 2. The first-order valence-electron chi connectivity index (χ1n) is 16.7. The maximum Gasteiger partial charge on any atom is 0.0998 e. The van der Waals surface area contributed by atoms with Crippen molar-refractivity contribution in [2.24, 2.45) is 0 Å². The van der Waals surface area contributed by atoms with Crippen LogP contribution in [0, 0.1) is 22.7 Å². The largest absolute Gasteiger partial charge is 0.333 e. The molecule has 0 amide bonds. The van der Waals surface area contributed by atoms with Gasteiger partial charge < -0.3 is 9.13 Å². The standard InChI is InChI=1S/C45H30N4/c46-28-30-24-33(31-12-10-14-35(27-31)48-43-22-9-6-18-39(43)45-32(29-47)13-11-23-44(45)48)26-34(25-30)36-15-4-7-20-40(36)49-41-19-3-1-2-16-37(41)38-17-5-8-21-42(38)49/h2-13,15-27,35H,1,14H2. The molecule has 0 N–H and O–H groups in total. The molecule has 230 valence electrons. The second kappa shape index (κ2) is 11.6. The molecule has 2 heterocycles. The van der Waals surface area contributed by atoms with Gasteiger partial charge in [-0.25, -0.2) is 0 Å². The number of hydrogen-bond acceptors (Lipinski definition) is 2. The number of fused-ring (bicyclic) bond motifs is 6. The topological polar surface area (TPSA) is 57.4 Å². The summed E-state index contributed by atoms with van der Waals surface area (Å²) in [4.78, 5) is 0. The lowest BCUT2D eigenvalue weighted by Gasteiger charge is -2.22. The first-order chi connectivity index (χ1) is 24.2. The van der Waals surface area contributed by atoms with Gasteiger partial charge in [0.05, 0.1) is 51.7 Å². The maximum absolute atomic E-state index is 10.3. The van der Waals surface area contributed by atoms with Gasteiger partial charge in [-0.15, -0.1) is 0 Å². The van der Waals surface area contributed by atoms with E-state index in [0.717, 1.165) is 73.8 Å². The summed E-state index contributed by atoms with van der Waals surface area (Å²) in [6.45, 7) is 0. The van der Waals surface area contributed by atoms with Crippen LogP contribution in [0.25, 0.3) is 67.2 Å². The molecule has 49 heavy (non-hydrogen) atoms. The minimum absolute atomic E-state index is 0.0411. The third kappa shape index (κ3) is 4.58. The van der Waals surface area contributed by atoms with Gasteiger partial charge >= 0.3 is 0 Å². The number of hydrogen-bond donors (Lipinski definition) is 0. The van der Waals surface area contributed by atoms with Crippen LogP contribution in [-0.2, 0) is 0 Å². The molecule has 0 spiro atoms. The lowest BCUT2D eigenvalue weighted by molar-refractivity contribution is 0.650. The average Bonchev–Trinajstić information content (AvgIpc) is 3.55. The number of nitrogens with zero attached hydrogens (tertiary/aromatic N) is 4. The van der Waals surface area contributed by atoms with Crippen molar-refractivity contribution >= 4 is 50.4 Å². The first-order valence-corrected chi connectivity index (χ1v) is 16.7. The molecule has 4 nitrogen and oxygen atoms in total. The molecule has 0 fully saturated rings. The van der Waals surface area contributed by atoms with Crippen molar-refractivity contribution in [2.75, 3.05) is 0 Å². The molecule has 2 aromatic heterocycles. The van der Waals surface area contributed by atoms with Crippen molar-refractivity contribution in [3.8, 4) is 29.0 Å². The Balaban J connectivity index is 1.21. The molecule has 1 unspecified atom stereocenters. The molecule has 5 aromatic carbocycles. The highest BCUT2D eigenvalue weighted by molar-refractivity contribution is 6.11. The highest BCUT2D eigenvalue weighted by atomic mass is 15.0. The average molecular weight is 627 g/mol. The van der Waals surface area contributed by atoms with Gasteiger partial charge in [0.2, 0.25) is 0 Å². The number of benzene rings is 5. The normalized spacial score (nSPS) is 15.2. The minimum atomic E-state index is 0.0411. The van der Waals surface area contributed by atoms with Gasteiger partial charge in [0, 0.05) is 32.8 Å². The summed E-state index contributed by atoms with van der Waals surface area (Å²) in [6.07, 6.45) is 17.3. The van der Waals surface area contributed by atoms with E-state index >= 15 is 0 Å². The third-order valence-corrected chi connectivity index (χ3v) is 9.87. The third-order valence-electron chi connectivity index (χ3n) is 9.87. The molecule has 4 heteroatoms. The SMILES string of the molecule is N#Cc1cc(C2=CC(n3c4ccccc4c4c(C#N)cccc43)CC=C2)cc(-c2ccccc2-n2c3c(c4ccccc42)C=CCC=C3)c1. The predicted molar refractivity (Wildman–Crippen MR) is 201 cm³/mol. The Hall–Kier alpha value is -6.62. The zero-order valence-electron chi connectivity index (χ0n) is 26.7. The summed E-state index contributed by atoms with van der Waals surface area (Å²) in [5.41, 5.74) is 12.2. The quantitative estimate of drug-likeness (QED) is 0.195. The molecule has 0 saturated heterocycles. The van der Waals surface area contributed by atoms with E-state index in [1.165, 1.54) is 10.9 Å². The lowest BCUT2D eigenvalue weighted by atomic mass is 9.91. The summed E-state index contributed by atoms with van der Waals surface area (Å²) in [5, 5.41) is 23.5. The second-order valence-corrected chi connectivity index (χ2v) is 12.6. The van der Waals surface area contributed by atoms with Crippen LogP contribution in [0.5, 0.6) is 0 Å². The van der Waals surface area contributed by atoms with Crippen LogP contribution >= 0.6 is 0 Å². The number of rotatable bonds is 4. The molecule has 0 radical (unpaired) electrons. The van der Waals surface area contributed by atoms with Crippen molar-refractivity contribution in [3.05, 3.63) is 168 Å². The van der Waals surface area contributed by atoms with Crippen molar-refractivity contribution in [1.82, 2.24) is 9.13 Å². The predicted octanol–water partition coefficient (Wildman–Crippen LogP) is 11.2. The smallest absolute Gasteiger partial charge is 0.0998 e. The van der Waals surface area contributed by atoms with Crippen molar-refractivity contribution in [3.63, 3.8) is 0 Å². The van der Waals surface area contributed by atoms with Crippen molar-refractivity contribution < 1.29 is 0 Å². The summed E-state index contributed by atoms with van der Waals surface area (Å²) < 4.78 is 4.72. The Morgan fingerprint density at radius 2 is 1.39 bits per heavy atom. The molecule has 9 rings (SSSR count). The number of allylic oxidation sites excluding steroid dienone is 6. The van der Waals surface area contributed by atoms with Gasteiger partial charge in [-0.05, 0) is 84.1 Å². The Morgan fingerprint density at radius 1 is 0.633 bits per heavy atom. The summed E-state index contributed by atoms with van der Waals surface area (Å²) in [6, 6.07) is 42.5. The van der Waals surface area contributed by atoms with Gasteiger partial charge in [-0.1, -0.05) is 97.1 Å². The van der Waals surface area contributed by atoms with E-state index in [2.05, 4.69) is 143 Å². The highest BCUT2D eigenvalue weighted by Crippen LogP contribution is 2.40. The van der Waals surface area contributed by atoms with E-state index in [9.17, 15) is 10.5 Å². The zero-order chi connectivity index (χ0) is 32.9. The van der Waals surface area contributed by atoms with Crippen molar-refractivity contribution in [2.45, 2.75) is 18.9 Å². The first kappa shape index (κ1) is 28.6. The Labute approximate surface area is 284 Å². The number of nitriles is 2. The fourth-order valence-corrected chi connectivity index (χ4v) is 7.79. The fraction of sp³-hybridized carbons (Fsp3) is 0.0667. The molecule has 0 aliphatic heterocycles. The van der Waals surface area contributed by atoms with Crippen LogP contribution in [0.4, 0.5) is 0 Å². The summed E-state index contributed by atoms with van der Waals surface area (Å²) in [7, 11) is 0. The molecule has 2 aliphatic rings.